The second kappa shape index (κ2) is 5.72. The van der Waals surface area contributed by atoms with Crippen LogP contribution in [0.3, 0.4) is 0 Å². The summed E-state index contributed by atoms with van der Waals surface area (Å²) in [6.45, 7) is 4.24. The van der Waals surface area contributed by atoms with Gasteiger partial charge in [-0.3, -0.25) is 0 Å². The number of nitrogens with two attached hydrogens (primary N) is 1. The number of hydrogen-bond acceptors (Lipinski definition) is 2. The maximum atomic E-state index is 5.96. The molecule has 4 heteroatoms. The summed E-state index contributed by atoms with van der Waals surface area (Å²) < 4.78 is 0. The van der Waals surface area contributed by atoms with E-state index in [2.05, 4.69) is 16.9 Å². The first kappa shape index (κ1) is 13.4. The van der Waals surface area contributed by atoms with Crippen LogP contribution in [0.5, 0.6) is 0 Å². The number of aromatic amines is 1. The molecule has 1 aromatic carbocycles. The van der Waals surface area contributed by atoms with E-state index >= 15 is 0 Å². The Kier molecular flexibility index (Phi) is 4.25. The third-order valence-corrected chi connectivity index (χ3v) is 3.46. The third kappa shape index (κ3) is 3.24. The zero-order valence-electron chi connectivity index (χ0n) is 10.9. The van der Waals surface area contributed by atoms with Crippen molar-refractivity contribution in [3.63, 3.8) is 0 Å². The molecule has 0 radical (unpaired) electrons. The van der Waals surface area contributed by atoms with E-state index in [1.807, 2.05) is 25.1 Å². The topological polar surface area (TPSA) is 54.7 Å². The molecule has 0 aliphatic heterocycles. The molecule has 2 atom stereocenters. The van der Waals surface area contributed by atoms with Crippen molar-refractivity contribution in [1.29, 1.82) is 0 Å². The largest absolute Gasteiger partial charge is 0.342 e. The highest BCUT2D eigenvalue weighted by Crippen LogP contribution is 2.23. The van der Waals surface area contributed by atoms with Gasteiger partial charge in [-0.25, -0.2) is 4.98 Å². The van der Waals surface area contributed by atoms with E-state index in [1.54, 1.807) is 0 Å². The molecule has 1 heterocycles. The van der Waals surface area contributed by atoms with Gasteiger partial charge in [0.2, 0.25) is 0 Å². The van der Waals surface area contributed by atoms with E-state index in [1.165, 1.54) is 0 Å². The maximum absolute atomic E-state index is 5.96. The van der Waals surface area contributed by atoms with Gasteiger partial charge in [-0.15, -0.1) is 0 Å². The normalized spacial score (nSPS) is 14.9. The number of nitrogens with one attached hydrogen (secondary N) is 1. The molecular formula is C14H20ClN3. The van der Waals surface area contributed by atoms with Crippen molar-refractivity contribution in [2.45, 2.75) is 45.1 Å². The number of nitrogens with zero attached hydrogens (tertiary/aromatic N) is 1. The highest BCUT2D eigenvalue weighted by Gasteiger charge is 2.11. The Hall–Kier alpha value is -1.06. The number of hydrogen-bond donors (Lipinski definition) is 2. The van der Waals surface area contributed by atoms with Crippen molar-refractivity contribution in [2.75, 3.05) is 0 Å². The van der Waals surface area contributed by atoms with E-state index in [0.717, 1.165) is 41.1 Å². The first-order valence-electron chi connectivity index (χ1n) is 6.47. The lowest BCUT2D eigenvalue weighted by molar-refractivity contribution is 0.546. The van der Waals surface area contributed by atoms with Crippen LogP contribution in [0.25, 0.3) is 11.0 Å². The summed E-state index contributed by atoms with van der Waals surface area (Å²) in [5.74, 6) is 1.46. The fourth-order valence-corrected chi connectivity index (χ4v) is 2.29. The van der Waals surface area contributed by atoms with Crippen LogP contribution in [-0.4, -0.2) is 16.0 Å². The van der Waals surface area contributed by atoms with Crippen LogP contribution in [0.15, 0.2) is 18.2 Å². The molecule has 98 valence electrons. The minimum atomic E-state index is 0.284. The van der Waals surface area contributed by atoms with E-state index in [0.29, 0.717) is 5.92 Å². The molecular weight excluding hydrogens is 246 g/mol. The minimum absolute atomic E-state index is 0.284. The molecule has 0 bridgehead atoms. The first-order chi connectivity index (χ1) is 8.56. The average molecular weight is 266 g/mol. The molecule has 0 aliphatic carbocycles. The Labute approximate surface area is 113 Å². The molecule has 2 aromatic rings. The molecule has 2 rings (SSSR count). The Balaban J connectivity index is 2.06. The van der Waals surface area contributed by atoms with Gasteiger partial charge in [0, 0.05) is 17.0 Å². The maximum Gasteiger partial charge on any atom is 0.110 e. The molecule has 3 nitrogen and oxygen atoms in total. The molecule has 1 aromatic heterocycles. The van der Waals surface area contributed by atoms with Gasteiger partial charge in [-0.1, -0.05) is 24.9 Å². The van der Waals surface area contributed by atoms with Crippen LogP contribution < -0.4 is 5.73 Å². The lowest BCUT2D eigenvalue weighted by Gasteiger charge is -2.09. The van der Waals surface area contributed by atoms with Gasteiger partial charge in [0.25, 0.3) is 0 Å². The summed E-state index contributed by atoms with van der Waals surface area (Å²) in [5.41, 5.74) is 7.75. The monoisotopic (exact) mass is 265 g/mol. The van der Waals surface area contributed by atoms with E-state index < -0.39 is 0 Å². The van der Waals surface area contributed by atoms with Crippen LogP contribution in [0.4, 0.5) is 0 Å². The second-order valence-electron chi connectivity index (χ2n) is 5.09. The van der Waals surface area contributed by atoms with Gasteiger partial charge in [-0.05, 0) is 38.0 Å². The SMILES string of the molecule is CC(N)CCCC(C)c1nc2ccc(Cl)cc2[nH]1. The van der Waals surface area contributed by atoms with Crippen LogP contribution in [0.1, 0.15) is 44.9 Å². The number of halogens is 1. The standard InChI is InChI=1S/C14H20ClN3/c1-9(4-3-5-10(2)16)14-17-12-7-6-11(15)8-13(12)18-14/h6-10H,3-5,16H2,1-2H3,(H,17,18). The Bertz CT molecular complexity index is 519. The minimum Gasteiger partial charge on any atom is -0.342 e. The van der Waals surface area contributed by atoms with Crippen molar-refractivity contribution in [2.24, 2.45) is 5.73 Å². The summed E-state index contributed by atoms with van der Waals surface area (Å²) in [6, 6.07) is 6.02. The summed E-state index contributed by atoms with van der Waals surface area (Å²) >= 11 is 5.96. The summed E-state index contributed by atoms with van der Waals surface area (Å²) in [7, 11) is 0. The summed E-state index contributed by atoms with van der Waals surface area (Å²) in [5, 5.41) is 0.738. The molecule has 0 spiro atoms. The average Bonchev–Trinajstić information content (AvgIpc) is 2.71. The Morgan fingerprint density at radius 1 is 1.33 bits per heavy atom. The fraction of sp³-hybridized carbons (Fsp3) is 0.500. The van der Waals surface area contributed by atoms with E-state index in [4.69, 9.17) is 17.3 Å². The van der Waals surface area contributed by atoms with Gasteiger partial charge in [0.15, 0.2) is 0 Å². The van der Waals surface area contributed by atoms with Crippen molar-refractivity contribution < 1.29 is 0 Å². The lowest BCUT2D eigenvalue weighted by atomic mass is 10.0. The van der Waals surface area contributed by atoms with Gasteiger partial charge >= 0.3 is 0 Å². The van der Waals surface area contributed by atoms with Crippen LogP contribution in [0, 0.1) is 0 Å². The van der Waals surface area contributed by atoms with Crippen molar-refractivity contribution in [3.8, 4) is 0 Å². The molecule has 18 heavy (non-hydrogen) atoms. The van der Waals surface area contributed by atoms with Crippen LogP contribution in [-0.2, 0) is 0 Å². The molecule has 2 unspecified atom stereocenters. The lowest BCUT2D eigenvalue weighted by Crippen LogP contribution is -2.14. The summed E-state index contributed by atoms with van der Waals surface area (Å²) in [4.78, 5) is 7.95. The number of aromatic nitrogens is 2. The second-order valence-corrected chi connectivity index (χ2v) is 5.53. The molecule has 0 saturated heterocycles. The molecule has 0 aliphatic rings. The predicted molar refractivity (Wildman–Crippen MR) is 77.0 cm³/mol. The quantitative estimate of drug-likeness (QED) is 0.863. The fourth-order valence-electron chi connectivity index (χ4n) is 2.12. The Morgan fingerprint density at radius 3 is 2.83 bits per heavy atom. The van der Waals surface area contributed by atoms with Gasteiger partial charge in [-0.2, -0.15) is 0 Å². The van der Waals surface area contributed by atoms with E-state index in [-0.39, 0.29) is 6.04 Å². The van der Waals surface area contributed by atoms with Crippen molar-refractivity contribution in [3.05, 3.63) is 29.0 Å². The van der Waals surface area contributed by atoms with Gasteiger partial charge in [0.1, 0.15) is 5.82 Å². The predicted octanol–water partition coefficient (Wildman–Crippen LogP) is 3.84. The van der Waals surface area contributed by atoms with Crippen molar-refractivity contribution >= 4 is 22.6 Å². The molecule has 0 saturated carbocycles. The number of imidazole rings is 1. The number of benzene rings is 1. The van der Waals surface area contributed by atoms with Crippen molar-refractivity contribution in [1.82, 2.24) is 9.97 Å². The van der Waals surface area contributed by atoms with Gasteiger partial charge < -0.3 is 10.7 Å². The molecule has 3 N–H and O–H groups in total. The molecule has 0 amide bonds. The summed E-state index contributed by atoms with van der Waals surface area (Å²) in [6.07, 6.45) is 3.31. The first-order valence-corrected chi connectivity index (χ1v) is 6.85. The van der Waals surface area contributed by atoms with Crippen LogP contribution >= 0.6 is 11.6 Å². The highest BCUT2D eigenvalue weighted by molar-refractivity contribution is 6.31. The number of rotatable bonds is 5. The zero-order chi connectivity index (χ0) is 13.1. The number of fused-ring (bicyclic) bond motifs is 1. The molecule has 0 fully saturated rings. The van der Waals surface area contributed by atoms with Crippen LogP contribution in [0.2, 0.25) is 5.02 Å². The van der Waals surface area contributed by atoms with E-state index in [9.17, 15) is 0 Å². The zero-order valence-corrected chi connectivity index (χ0v) is 11.7. The smallest absolute Gasteiger partial charge is 0.110 e. The number of H-pyrrole nitrogens is 1. The third-order valence-electron chi connectivity index (χ3n) is 3.23. The highest BCUT2D eigenvalue weighted by atomic mass is 35.5. The Morgan fingerprint density at radius 2 is 2.11 bits per heavy atom. The van der Waals surface area contributed by atoms with Gasteiger partial charge in [0.05, 0.1) is 11.0 Å².